The first kappa shape index (κ1) is 11.3. The molecule has 0 spiro atoms. The molecule has 0 radical (unpaired) electrons. The Morgan fingerprint density at radius 3 is 2.75 bits per heavy atom. The highest BCUT2D eigenvalue weighted by atomic mass is 35.5. The molecule has 86 valence electrons. The van der Waals surface area contributed by atoms with E-state index in [0.29, 0.717) is 23.8 Å². The van der Waals surface area contributed by atoms with Crippen LogP contribution in [0.25, 0.3) is 5.65 Å². The molecule has 6 heteroatoms. The van der Waals surface area contributed by atoms with Crippen LogP contribution in [-0.4, -0.2) is 33.3 Å². The van der Waals surface area contributed by atoms with E-state index in [9.17, 15) is 0 Å². The molecule has 0 aliphatic heterocycles. The average Bonchev–Trinajstić information content (AvgIpc) is 2.67. The molecular weight excluding hydrogens is 228 g/mol. The number of hydrogen-bond acceptors (Lipinski definition) is 4. The Hall–Kier alpha value is -1.20. The maximum atomic E-state index is 6.02. The number of ether oxygens (including phenoxy) is 1. The van der Waals surface area contributed by atoms with E-state index in [4.69, 9.17) is 16.3 Å². The van der Waals surface area contributed by atoms with E-state index >= 15 is 0 Å². The number of rotatable bonds is 3. The van der Waals surface area contributed by atoms with Gasteiger partial charge in [0.25, 0.3) is 0 Å². The van der Waals surface area contributed by atoms with Gasteiger partial charge in [-0.25, -0.2) is 4.98 Å². The van der Waals surface area contributed by atoms with Gasteiger partial charge in [0.1, 0.15) is 5.82 Å². The van der Waals surface area contributed by atoms with Gasteiger partial charge < -0.3 is 4.74 Å². The largest absolute Gasteiger partial charge is 0.384 e. The van der Waals surface area contributed by atoms with Crippen LogP contribution in [0.3, 0.4) is 0 Å². The highest BCUT2D eigenvalue weighted by molar-refractivity contribution is 6.32. The van der Waals surface area contributed by atoms with E-state index in [0.717, 1.165) is 17.2 Å². The predicted molar refractivity (Wildman–Crippen MR) is 60.8 cm³/mol. The molecule has 2 heterocycles. The van der Waals surface area contributed by atoms with Crippen molar-refractivity contribution >= 4 is 17.2 Å². The Balaban J connectivity index is 2.60. The van der Waals surface area contributed by atoms with E-state index in [1.165, 1.54) is 0 Å². The first-order valence-corrected chi connectivity index (χ1v) is 5.38. The van der Waals surface area contributed by atoms with E-state index in [-0.39, 0.29) is 0 Å². The highest BCUT2D eigenvalue weighted by Crippen LogP contribution is 2.18. The third-order valence-corrected chi connectivity index (χ3v) is 2.82. The van der Waals surface area contributed by atoms with E-state index < -0.39 is 0 Å². The van der Waals surface area contributed by atoms with Crippen LogP contribution in [0.1, 0.15) is 17.2 Å². The molecule has 0 bridgehead atoms. The second-order valence-corrected chi connectivity index (χ2v) is 3.95. The van der Waals surface area contributed by atoms with Crippen molar-refractivity contribution in [2.45, 2.75) is 20.3 Å². The molecule has 0 aromatic carbocycles. The third kappa shape index (κ3) is 1.76. The van der Waals surface area contributed by atoms with E-state index in [1.54, 1.807) is 7.11 Å². The lowest BCUT2D eigenvalue weighted by Crippen LogP contribution is -2.05. The summed E-state index contributed by atoms with van der Waals surface area (Å²) in [7, 11) is 1.66. The molecule has 16 heavy (non-hydrogen) atoms. The lowest BCUT2D eigenvalue weighted by molar-refractivity contribution is 0.200. The van der Waals surface area contributed by atoms with Crippen molar-refractivity contribution in [3.8, 4) is 0 Å². The van der Waals surface area contributed by atoms with Crippen LogP contribution in [0.15, 0.2) is 0 Å². The van der Waals surface area contributed by atoms with Crippen molar-refractivity contribution in [3.63, 3.8) is 0 Å². The number of halogens is 1. The summed E-state index contributed by atoms with van der Waals surface area (Å²) in [4.78, 5) is 4.21. The zero-order chi connectivity index (χ0) is 11.7. The number of aromatic nitrogens is 4. The van der Waals surface area contributed by atoms with Gasteiger partial charge >= 0.3 is 0 Å². The van der Waals surface area contributed by atoms with Crippen molar-refractivity contribution < 1.29 is 4.74 Å². The summed E-state index contributed by atoms with van der Waals surface area (Å²) in [5.74, 6) is 0.849. The molecule has 0 amide bonds. The topological polar surface area (TPSA) is 52.3 Å². The number of hydrogen-bond donors (Lipinski definition) is 0. The second-order valence-electron chi connectivity index (χ2n) is 3.59. The highest BCUT2D eigenvalue weighted by Gasteiger charge is 2.13. The van der Waals surface area contributed by atoms with Crippen molar-refractivity contribution in [2.24, 2.45) is 0 Å². The Bertz CT molecular complexity index is 523. The molecule has 0 atom stereocenters. The molecule has 2 aromatic heterocycles. The predicted octanol–water partition coefficient (Wildman–Crippen LogP) is 1.58. The van der Waals surface area contributed by atoms with Gasteiger partial charge in [-0.3, -0.25) is 4.40 Å². The fourth-order valence-electron chi connectivity index (χ4n) is 1.60. The van der Waals surface area contributed by atoms with E-state index in [1.807, 2.05) is 18.2 Å². The lowest BCUT2D eigenvalue weighted by atomic mass is 10.3. The van der Waals surface area contributed by atoms with Crippen molar-refractivity contribution in [1.82, 2.24) is 19.6 Å². The van der Waals surface area contributed by atoms with Gasteiger partial charge in [0.2, 0.25) is 0 Å². The van der Waals surface area contributed by atoms with Crippen LogP contribution in [0, 0.1) is 13.8 Å². The molecule has 0 aliphatic carbocycles. The Morgan fingerprint density at radius 1 is 1.31 bits per heavy atom. The minimum atomic E-state index is 0.388. The fraction of sp³-hybridized carbons (Fsp3) is 0.500. The first-order chi connectivity index (χ1) is 7.65. The number of fused-ring (bicyclic) bond motifs is 1. The van der Waals surface area contributed by atoms with Crippen LogP contribution in [0.5, 0.6) is 0 Å². The molecule has 0 saturated heterocycles. The number of nitrogens with zero attached hydrogens (tertiary/aromatic N) is 4. The summed E-state index contributed by atoms with van der Waals surface area (Å²) in [6.45, 7) is 4.51. The fourth-order valence-corrected chi connectivity index (χ4v) is 1.85. The second kappa shape index (κ2) is 4.35. The summed E-state index contributed by atoms with van der Waals surface area (Å²) in [6, 6.07) is 0. The van der Waals surface area contributed by atoms with Crippen LogP contribution in [0.4, 0.5) is 0 Å². The number of aryl methyl sites for hydroxylation is 2. The van der Waals surface area contributed by atoms with Gasteiger partial charge in [0, 0.05) is 19.2 Å². The third-order valence-electron chi connectivity index (χ3n) is 2.57. The average molecular weight is 241 g/mol. The Morgan fingerprint density at radius 2 is 2.06 bits per heavy atom. The molecular formula is C10H13ClN4O. The van der Waals surface area contributed by atoms with Gasteiger partial charge in [0.15, 0.2) is 10.8 Å². The van der Waals surface area contributed by atoms with Crippen LogP contribution < -0.4 is 0 Å². The summed E-state index contributed by atoms with van der Waals surface area (Å²) in [5.41, 5.74) is 2.50. The lowest BCUT2D eigenvalue weighted by Gasteiger charge is -2.06. The van der Waals surface area contributed by atoms with Gasteiger partial charge in [-0.05, 0) is 13.8 Å². The molecule has 0 N–H and O–H groups in total. The summed E-state index contributed by atoms with van der Waals surface area (Å²) in [5, 5.41) is 8.53. The Labute approximate surface area is 98.4 Å². The molecule has 0 saturated carbocycles. The normalized spacial score (nSPS) is 11.2. The van der Waals surface area contributed by atoms with Crippen molar-refractivity contribution in [2.75, 3.05) is 13.7 Å². The minimum Gasteiger partial charge on any atom is -0.384 e. The van der Waals surface area contributed by atoms with Crippen LogP contribution in [0.2, 0.25) is 5.15 Å². The van der Waals surface area contributed by atoms with Crippen molar-refractivity contribution in [1.29, 1.82) is 0 Å². The zero-order valence-electron chi connectivity index (χ0n) is 9.49. The van der Waals surface area contributed by atoms with Gasteiger partial charge in [-0.15, -0.1) is 10.2 Å². The molecule has 2 aromatic rings. The molecule has 0 unspecified atom stereocenters. The standard InChI is InChI=1S/C10H13ClN4O/c1-6-7(2)15-8(4-5-16-3)13-14-10(15)9(11)12-6/h4-5H2,1-3H3. The quantitative estimate of drug-likeness (QED) is 0.818. The number of methoxy groups -OCH3 is 1. The smallest absolute Gasteiger partial charge is 0.198 e. The zero-order valence-corrected chi connectivity index (χ0v) is 10.2. The molecule has 0 aliphatic rings. The summed E-state index contributed by atoms with van der Waals surface area (Å²) in [6.07, 6.45) is 0.707. The van der Waals surface area contributed by atoms with Gasteiger partial charge in [-0.2, -0.15) is 0 Å². The van der Waals surface area contributed by atoms with Crippen LogP contribution >= 0.6 is 11.6 Å². The van der Waals surface area contributed by atoms with Crippen molar-refractivity contribution in [3.05, 3.63) is 22.4 Å². The summed E-state index contributed by atoms with van der Waals surface area (Å²) < 4.78 is 6.97. The van der Waals surface area contributed by atoms with Crippen LogP contribution in [-0.2, 0) is 11.2 Å². The minimum absolute atomic E-state index is 0.388. The monoisotopic (exact) mass is 240 g/mol. The Kier molecular flexibility index (Phi) is 3.07. The summed E-state index contributed by atoms with van der Waals surface area (Å²) >= 11 is 6.02. The maximum absolute atomic E-state index is 6.02. The van der Waals surface area contributed by atoms with Gasteiger partial charge in [0.05, 0.1) is 12.3 Å². The van der Waals surface area contributed by atoms with E-state index in [2.05, 4.69) is 15.2 Å². The SMILES string of the molecule is COCCc1nnc2c(Cl)nc(C)c(C)n12. The molecule has 2 rings (SSSR count). The maximum Gasteiger partial charge on any atom is 0.198 e. The first-order valence-electron chi connectivity index (χ1n) is 5.00. The molecule has 0 fully saturated rings. The van der Waals surface area contributed by atoms with Gasteiger partial charge in [-0.1, -0.05) is 11.6 Å². The molecule has 5 nitrogen and oxygen atoms in total.